The van der Waals surface area contributed by atoms with Gasteiger partial charge in [0.2, 0.25) is 0 Å². The van der Waals surface area contributed by atoms with Crippen LogP contribution in [0.15, 0.2) is 0 Å². The third-order valence-corrected chi connectivity index (χ3v) is 5.05. The molecule has 0 bridgehead atoms. The van der Waals surface area contributed by atoms with Gasteiger partial charge in [-0.2, -0.15) is 17.0 Å². The van der Waals surface area contributed by atoms with E-state index in [0.717, 1.165) is 12.8 Å². The second kappa shape index (κ2) is 5.95. The third kappa shape index (κ3) is 3.16. The van der Waals surface area contributed by atoms with E-state index in [1.807, 2.05) is 0 Å². The van der Waals surface area contributed by atoms with Crippen molar-refractivity contribution in [2.45, 2.75) is 26.7 Å². The van der Waals surface area contributed by atoms with Crippen molar-refractivity contribution < 1.29 is 13.5 Å². The molecule has 1 aliphatic rings. The minimum absolute atomic E-state index is 0.129. The first-order chi connectivity index (χ1) is 7.52. The van der Waals surface area contributed by atoms with E-state index in [2.05, 4.69) is 6.92 Å². The van der Waals surface area contributed by atoms with Crippen LogP contribution < -0.4 is 0 Å². The van der Waals surface area contributed by atoms with E-state index in [-0.39, 0.29) is 13.2 Å². The van der Waals surface area contributed by atoms with E-state index in [9.17, 15) is 8.42 Å². The molecule has 6 heteroatoms. The molecule has 0 aromatic rings. The minimum atomic E-state index is -3.36. The summed E-state index contributed by atoms with van der Waals surface area (Å²) in [6, 6.07) is 0. The van der Waals surface area contributed by atoms with Crippen molar-refractivity contribution in [1.82, 2.24) is 8.61 Å². The van der Waals surface area contributed by atoms with Gasteiger partial charge in [-0.3, -0.25) is 0 Å². The van der Waals surface area contributed by atoms with Gasteiger partial charge in [0, 0.05) is 26.2 Å². The monoisotopic (exact) mass is 250 g/mol. The highest BCUT2D eigenvalue weighted by atomic mass is 32.2. The number of hydrogen-bond donors (Lipinski definition) is 1. The van der Waals surface area contributed by atoms with E-state index >= 15 is 0 Å². The topological polar surface area (TPSA) is 60.9 Å². The van der Waals surface area contributed by atoms with Crippen LogP contribution in [-0.2, 0) is 10.2 Å². The first kappa shape index (κ1) is 13.9. The van der Waals surface area contributed by atoms with Crippen LogP contribution in [0.2, 0.25) is 0 Å². The Morgan fingerprint density at radius 3 is 2.69 bits per heavy atom. The van der Waals surface area contributed by atoms with Gasteiger partial charge < -0.3 is 5.11 Å². The zero-order valence-corrected chi connectivity index (χ0v) is 10.9. The lowest BCUT2D eigenvalue weighted by molar-refractivity contribution is 0.230. The predicted molar refractivity (Wildman–Crippen MR) is 63.2 cm³/mol. The largest absolute Gasteiger partial charge is 0.395 e. The summed E-state index contributed by atoms with van der Waals surface area (Å²) >= 11 is 0. The van der Waals surface area contributed by atoms with E-state index in [1.54, 1.807) is 11.2 Å². The highest BCUT2D eigenvalue weighted by molar-refractivity contribution is 7.86. The van der Waals surface area contributed by atoms with Gasteiger partial charge in [0.05, 0.1) is 6.61 Å². The molecule has 96 valence electrons. The summed E-state index contributed by atoms with van der Waals surface area (Å²) in [6.45, 7) is 5.54. The van der Waals surface area contributed by atoms with E-state index < -0.39 is 10.2 Å². The fraction of sp³-hybridized carbons (Fsp3) is 1.00. The Kier molecular flexibility index (Phi) is 5.17. The smallest absolute Gasteiger partial charge is 0.282 e. The van der Waals surface area contributed by atoms with Gasteiger partial charge in [-0.25, -0.2) is 0 Å². The number of likely N-dealkylation sites (N-methyl/N-ethyl adjacent to an activating group) is 1. The fourth-order valence-electron chi connectivity index (χ4n) is 2.07. The van der Waals surface area contributed by atoms with Gasteiger partial charge in [-0.05, 0) is 18.8 Å². The van der Waals surface area contributed by atoms with Crippen LogP contribution in [0.1, 0.15) is 26.7 Å². The molecular formula is C10H22N2O3S. The second-order valence-electron chi connectivity index (χ2n) is 4.33. The normalized spacial score (nSPS) is 23.9. The van der Waals surface area contributed by atoms with Gasteiger partial charge >= 0.3 is 0 Å². The Morgan fingerprint density at radius 2 is 2.19 bits per heavy atom. The van der Waals surface area contributed by atoms with Crippen molar-refractivity contribution in [3.63, 3.8) is 0 Å². The van der Waals surface area contributed by atoms with Crippen LogP contribution in [0, 0.1) is 5.92 Å². The second-order valence-corrected chi connectivity index (χ2v) is 6.26. The Bertz CT molecular complexity index is 305. The molecule has 1 fully saturated rings. The average molecular weight is 250 g/mol. The summed E-state index contributed by atoms with van der Waals surface area (Å²) in [5, 5.41) is 8.86. The average Bonchev–Trinajstić information content (AvgIpc) is 2.25. The standard InChI is InChI=1S/C10H22N2O3S/c1-3-11(7-8-13)16(14,15)12-6-4-5-10(2)9-12/h10,13H,3-9H2,1-2H3. The maximum absolute atomic E-state index is 12.2. The maximum atomic E-state index is 12.2. The van der Waals surface area contributed by atoms with E-state index in [0.29, 0.717) is 25.6 Å². The van der Waals surface area contributed by atoms with Gasteiger partial charge in [-0.1, -0.05) is 13.8 Å². The van der Waals surface area contributed by atoms with E-state index in [1.165, 1.54) is 4.31 Å². The summed E-state index contributed by atoms with van der Waals surface area (Å²) in [5.74, 6) is 0.427. The molecule has 1 rings (SSSR count). The lowest BCUT2D eigenvalue weighted by Gasteiger charge is -2.33. The van der Waals surface area contributed by atoms with Crippen molar-refractivity contribution in [3.05, 3.63) is 0 Å². The molecule has 0 aromatic carbocycles. The summed E-state index contributed by atoms with van der Waals surface area (Å²) in [7, 11) is -3.36. The number of aliphatic hydroxyl groups excluding tert-OH is 1. The quantitative estimate of drug-likeness (QED) is 0.762. The van der Waals surface area contributed by atoms with Crippen LogP contribution in [0.5, 0.6) is 0 Å². The maximum Gasteiger partial charge on any atom is 0.282 e. The molecular weight excluding hydrogens is 228 g/mol. The first-order valence-electron chi connectivity index (χ1n) is 5.88. The summed E-state index contributed by atoms with van der Waals surface area (Å²) in [5.41, 5.74) is 0. The minimum Gasteiger partial charge on any atom is -0.395 e. The molecule has 1 N–H and O–H groups in total. The van der Waals surface area contributed by atoms with Crippen molar-refractivity contribution in [1.29, 1.82) is 0 Å². The zero-order valence-electron chi connectivity index (χ0n) is 10.1. The van der Waals surface area contributed by atoms with E-state index in [4.69, 9.17) is 5.11 Å². The van der Waals surface area contributed by atoms with Crippen LogP contribution in [0.25, 0.3) is 0 Å². The van der Waals surface area contributed by atoms with Gasteiger partial charge in [0.1, 0.15) is 0 Å². The van der Waals surface area contributed by atoms with Crippen LogP contribution >= 0.6 is 0 Å². The van der Waals surface area contributed by atoms with Gasteiger partial charge in [0.15, 0.2) is 0 Å². The first-order valence-corrected chi connectivity index (χ1v) is 7.28. The number of nitrogens with zero attached hydrogens (tertiary/aromatic N) is 2. The Labute approximate surface area is 98.2 Å². The molecule has 0 saturated carbocycles. The molecule has 1 atom stereocenters. The van der Waals surface area contributed by atoms with Crippen molar-refractivity contribution in [2.24, 2.45) is 5.92 Å². The molecule has 0 aromatic heterocycles. The number of aliphatic hydroxyl groups is 1. The molecule has 16 heavy (non-hydrogen) atoms. The van der Waals surface area contributed by atoms with Crippen molar-refractivity contribution in [3.8, 4) is 0 Å². The Balaban J connectivity index is 2.74. The Hall–Kier alpha value is -0.170. The Morgan fingerprint density at radius 1 is 1.50 bits per heavy atom. The molecule has 0 radical (unpaired) electrons. The van der Waals surface area contributed by atoms with Crippen LogP contribution in [0.3, 0.4) is 0 Å². The lowest BCUT2D eigenvalue weighted by atomic mass is 10.0. The lowest BCUT2D eigenvalue weighted by Crippen LogP contribution is -2.48. The number of piperidine rings is 1. The predicted octanol–water partition coefficient (Wildman–Crippen LogP) is 0.277. The van der Waals surface area contributed by atoms with Crippen LogP contribution in [-0.4, -0.2) is 54.9 Å². The van der Waals surface area contributed by atoms with Gasteiger partial charge in [-0.15, -0.1) is 0 Å². The zero-order chi connectivity index (χ0) is 12.2. The molecule has 1 aliphatic heterocycles. The number of hydrogen-bond acceptors (Lipinski definition) is 3. The molecule has 0 spiro atoms. The SMILES string of the molecule is CCN(CCO)S(=O)(=O)N1CCCC(C)C1. The molecule has 0 aliphatic carbocycles. The third-order valence-electron chi connectivity index (χ3n) is 2.97. The highest BCUT2D eigenvalue weighted by Gasteiger charge is 2.31. The van der Waals surface area contributed by atoms with Crippen molar-refractivity contribution in [2.75, 3.05) is 32.8 Å². The highest BCUT2D eigenvalue weighted by Crippen LogP contribution is 2.20. The molecule has 1 heterocycles. The molecule has 1 unspecified atom stereocenters. The van der Waals surface area contributed by atoms with Gasteiger partial charge in [0.25, 0.3) is 10.2 Å². The molecule has 0 amide bonds. The summed E-state index contributed by atoms with van der Waals surface area (Å²) in [4.78, 5) is 0. The molecule has 5 nitrogen and oxygen atoms in total. The molecule has 1 saturated heterocycles. The van der Waals surface area contributed by atoms with Crippen molar-refractivity contribution >= 4 is 10.2 Å². The number of rotatable bonds is 5. The summed E-state index contributed by atoms with van der Waals surface area (Å²) in [6.07, 6.45) is 2.02. The summed E-state index contributed by atoms with van der Waals surface area (Å²) < 4.78 is 27.3. The van der Waals surface area contributed by atoms with Crippen LogP contribution in [0.4, 0.5) is 0 Å². The fourth-order valence-corrected chi connectivity index (χ4v) is 3.84.